The standard InChI is InChI=1S/C11H20N2O3S/c1-11(2,3)16-10(15)13-5-4-9(17-12)6-8(13)7-14/h7-9H,4-6,12H2,1-3H3. The lowest BCUT2D eigenvalue weighted by Crippen LogP contribution is -2.49. The monoisotopic (exact) mass is 260 g/mol. The number of carbonyl (C=O) groups excluding carboxylic acids is 2. The molecule has 1 saturated heterocycles. The molecule has 0 radical (unpaired) electrons. The molecule has 2 unspecified atom stereocenters. The lowest BCUT2D eigenvalue weighted by Gasteiger charge is -2.36. The number of ether oxygens (including phenoxy) is 1. The van der Waals surface area contributed by atoms with E-state index in [1.807, 2.05) is 20.8 Å². The van der Waals surface area contributed by atoms with E-state index in [1.165, 1.54) is 16.8 Å². The van der Waals surface area contributed by atoms with Gasteiger partial charge in [-0.3, -0.25) is 10.0 Å². The fourth-order valence-electron chi connectivity index (χ4n) is 1.76. The molecule has 2 atom stereocenters. The van der Waals surface area contributed by atoms with Gasteiger partial charge in [0.05, 0.1) is 6.04 Å². The average molecular weight is 260 g/mol. The molecule has 0 aliphatic carbocycles. The van der Waals surface area contributed by atoms with Crippen LogP contribution in [-0.2, 0) is 9.53 Å². The van der Waals surface area contributed by atoms with Gasteiger partial charge in [0.1, 0.15) is 11.9 Å². The van der Waals surface area contributed by atoms with Crippen molar-refractivity contribution in [2.75, 3.05) is 6.54 Å². The fraction of sp³-hybridized carbons (Fsp3) is 0.818. The highest BCUT2D eigenvalue weighted by Crippen LogP contribution is 2.25. The summed E-state index contributed by atoms with van der Waals surface area (Å²) in [6.45, 7) is 5.95. The zero-order valence-electron chi connectivity index (χ0n) is 10.5. The Morgan fingerprint density at radius 1 is 1.53 bits per heavy atom. The molecule has 2 N–H and O–H groups in total. The summed E-state index contributed by atoms with van der Waals surface area (Å²) >= 11 is 1.25. The number of carbonyl (C=O) groups is 2. The maximum Gasteiger partial charge on any atom is 0.410 e. The van der Waals surface area contributed by atoms with E-state index in [1.54, 1.807) is 0 Å². The molecule has 5 nitrogen and oxygen atoms in total. The summed E-state index contributed by atoms with van der Waals surface area (Å²) in [4.78, 5) is 24.4. The summed E-state index contributed by atoms with van der Waals surface area (Å²) in [6, 6.07) is -0.417. The highest BCUT2D eigenvalue weighted by Gasteiger charge is 2.33. The third-order valence-corrected chi connectivity index (χ3v) is 3.39. The number of amides is 1. The minimum absolute atomic E-state index is 0.240. The predicted octanol–water partition coefficient (Wildman–Crippen LogP) is 1.56. The van der Waals surface area contributed by atoms with Crippen molar-refractivity contribution in [3.05, 3.63) is 0 Å². The predicted molar refractivity (Wildman–Crippen MR) is 67.6 cm³/mol. The Kier molecular flexibility index (Phi) is 4.82. The molecule has 1 aliphatic heterocycles. The minimum Gasteiger partial charge on any atom is -0.444 e. The first-order valence-electron chi connectivity index (χ1n) is 5.68. The second-order valence-electron chi connectivity index (χ2n) is 5.16. The molecule has 1 fully saturated rings. The van der Waals surface area contributed by atoms with Crippen molar-refractivity contribution in [2.45, 2.75) is 50.5 Å². The molecule has 1 heterocycles. The molecule has 6 heteroatoms. The number of likely N-dealkylation sites (tertiary alicyclic amines) is 1. The van der Waals surface area contributed by atoms with Gasteiger partial charge in [-0.1, -0.05) is 11.9 Å². The number of piperidine rings is 1. The van der Waals surface area contributed by atoms with Crippen LogP contribution in [0.5, 0.6) is 0 Å². The first kappa shape index (κ1) is 14.3. The number of hydrogen-bond acceptors (Lipinski definition) is 5. The summed E-state index contributed by atoms with van der Waals surface area (Å²) in [6.07, 6.45) is 1.77. The van der Waals surface area contributed by atoms with E-state index >= 15 is 0 Å². The molecular formula is C11H20N2O3S. The normalized spacial score (nSPS) is 25.5. The van der Waals surface area contributed by atoms with Crippen molar-refractivity contribution < 1.29 is 14.3 Å². The summed E-state index contributed by atoms with van der Waals surface area (Å²) in [7, 11) is 0. The molecule has 0 aromatic rings. The van der Waals surface area contributed by atoms with Crippen LogP contribution in [0.1, 0.15) is 33.6 Å². The van der Waals surface area contributed by atoms with E-state index in [0.717, 1.165) is 12.7 Å². The molecule has 98 valence electrons. The Morgan fingerprint density at radius 3 is 2.65 bits per heavy atom. The van der Waals surface area contributed by atoms with Crippen LogP contribution in [-0.4, -0.2) is 40.7 Å². The number of aldehydes is 1. The first-order chi connectivity index (χ1) is 7.87. The quantitative estimate of drug-likeness (QED) is 0.602. The van der Waals surface area contributed by atoms with E-state index < -0.39 is 17.7 Å². The van der Waals surface area contributed by atoms with Gasteiger partial charge in [0, 0.05) is 11.8 Å². The minimum atomic E-state index is -0.538. The largest absolute Gasteiger partial charge is 0.444 e. The number of nitrogens with two attached hydrogens (primary N) is 1. The molecule has 0 aromatic heterocycles. The lowest BCUT2D eigenvalue weighted by atomic mass is 10.0. The SMILES string of the molecule is CC(C)(C)OC(=O)N1CCC(SN)CC1C=O. The van der Waals surface area contributed by atoms with E-state index in [-0.39, 0.29) is 5.25 Å². The topological polar surface area (TPSA) is 72.6 Å². The second-order valence-corrected chi connectivity index (χ2v) is 6.10. The Morgan fingerprint density at radius 2 is 2.18 bits per heavy atom. The Hall–Kier alpha value is -0.750. The first-order valence-corrected chi connectivity index (χ1v) is 6.62. The van der Waals surface area contributed by atoms with Crippen molar-refractivity contribution in [1.82, 2.24) is 4.90 Å². The third kappa shape index (κ3) is 4.20. The molecular weight excluding hydrogens is 240 g/mol. The molecule has 0 spiro atoms. The van der Waals surface area contributed by atoms with E-state index in [9.17, 15) is 9.59 Å². The van der Waals surface area contributed by atoms with Crippen LogP contribution in [0, 0.1) is 0 Å². The molecule has 1 amide bonds. The second kappa shape index (κ2) is 5.73. The smallest absolute Gasteiger partial charge is 0.410 e. The van der Waals surface area contributed by atoms with Gasteiger partial charge in [-0.15, -0.1) is 0 Å². The lowest BCUT2D eigenvalue weighted by molar-refractivity contribution is -0.113. The van der Waals surface area contributed by atoms with Crippen molar-refractivity contribution in [3.8, 4) is 0 Å². The molecule has 0 aromatic carbocycles. The van der Waals surface area contributed by atoms with Crippen LogP contribution < -0.4 is 5.14 Å². The van der Waals surface area contributed by atoms with Gasteiger partial charge in [0.15, 0.2) is 0 Å². The summed E-state index contributed by atoms with van der Waals surface area (Å²) in [5.41, 5.74) is -0.538. The fourth-order valence-corrected chi connectivity index (χ4v) is 2.31. The summed E-state index contributed by atoms with van der Waals surface area (Å²) in [5, 5.41) is 5.75. The number of rotatable bonds is 2. The van der Waals surface area contributed by atoms with Crippen molar-refractivity contribution in [3.63, 3.8) is 0 Å². The van der Waals surface area contributed by atoms with Gasteiger partial charge in [0.25, 0.3) is 0 Å². The van der Waals surface area contributed by atoms with Gasteiger partial charge in [-0.05, 0) is 33.6 Å². The average Bonchev–Trinajstić information content (AvgIpc) is 2.25. The Bertz CT molecular complexity index is 291. The van der Waals surface area contributed by atoms with Crippen molar-refractivity contribution >= 4 is 24.3 Å². The van der Waals surface area contributed by atoms with Crippen LogP contribution >= 0.6 is 11.9 Å². The van der Waals surface area contributed by atoms with E-state index in [2.05, 4.69) is 0 Å². The number of nitrogens with zero attached hydrogens (tertiary/aromatic N) is 1. The zero-order chi connectivity index (χ0) is 13.1. The number of hydrogen-bond donors (Lipinski definition) is 1. The van der Waals surface area contributed by atoms with Gasteiger partial charge >= 0.3 is 6.09 Å². The molecule has 1 aliphatic rings. The maximum absolute atomic E-state index is 11.9. The van der Waals surface area contributed by atoms with Gasteiger partial charge in [-0.25, -0.2) is 4.79 Å². The molecule has 0 bridgehead atoms. The molecule has 0 saturated carbocycles. The van der Waals surface area contributed by atoms with Crippen molar-refractivity contribution in [1.29, 1.82) is 0 Å². The van der Waals surface area contributed by atoms with E-state index in [0.29, 0.717) is 13.0 Å². The van der Waals surface area contributed by atoms with Crippen LogP contribution in [0.4, 0.5) is 4.79 Å². The van der Waals surface area contributed by atoms with Gasteiger partial charge in [-0.2, -0.15) is 0 Å². The van der Waals surface area contributed by atoms with Crippen LogP contribution in [0.3, 0.4) is 0 Å². The van der Waals surface area contributed by atoms with Gasteiger partial charge < -0.3 is 9.53 Å². The van der Waals surface area contributed by atoms with Crippen LogP contribution in [0.25, 0.3) is 0 Å². The molecule has 1 rings (SSSR count). The Labute approximate surface area is 106 Å². The highest BCUT2D eigenvalue weighted by atomic mass is 32.2. The zero-order valence-corrected chi connectivity index (χ0v) is 11.3. The third-order valence-electron chi connectivity index (χ3n) is 2.57. The summed E-state index contributed by atoms with van der Waals surface area (Å²) < 4.78 is 5.27. The maximum atomic E-state index is 11.9. The van der Waals surface area contributed by atoms with Crippen LogP contribution in [0.2, 0.25) is 0 Å². The molecule has 17 heavy (non-hydrogen) atoms. The van der Waals surface area contributed by atoms with Gasteiger partial charge in [0.2, 0.25) is 0 Å². The highest BCUT2D eigenvalue weighted by molar-refractivity contribution is 7.97. The van der Waals surface area contributed by atoms with Crippen molar-refractivity contribution in [2.24, 2.45) is 5.14 Å². The summed E-state index contributed by atoms with van der Waals surface area (Å²) in [5.74, 6) is 0. The Balaban J connectivity index is 2.64. The van der Waals surface area contributed by atoms with Crippen LogP contribution in [0.15, 0.2) is 0 Å². The van der Waals surface area contributed by atoms with E-state index in [4.69, 9.17) is 9.88 Å².